The van der Waals surface area contributed by atoms with Crippen LogP contribution in [-0.4, -0.2) is 19.1 Å². The van der Waals surface area contributed by atoms with E-state index in [1.165, 1.54) is 16.7 Å². The molecule has 0 fully saturated rings. The van der Waals surface area contributed by atoms with Crippen LogP contribution in [0, 0.1) is 0 Å². The molecule has 0 bridgehead atoms. The normalized spacial score (nSPS) is 10.8. The van der Waals surface area contributed by atoms with Crippen molar-refractivity contribution in [2.45, 2.75) is 6.54 Å². The van der Waals surface area contributed by atoms with E-state index in [1.807, 2.05) is 25.4 Å². The van der Waals surface area contributed by atoms with Gasteiger partial charge in [0.1, 0.15) is 5.75 Å². The van der Waals surface area contributed by atoms with Crippen LogP contribution in [0.1, 0.15) is 5.56 Å². The third kappa shape index (κ3) is 2.73. The molecule has 106 valence electrons. The number of nitrogens with one attached hydrogen (secondary N) is 1. The van der Waals surface area contributed by atoms with Gasteiger partial charge in [-0.25, -0.2) is 0 Å². The Labute approximate surface area is 124 Å². The fraction of sp³-hybridized carbons (Fsp3) is 0.167. The summed E-state index contributed by atoms with van der Waals surface area (Å²) in [5.74, 6) is 0.881. The van der Waals surface area contributed by atoms with E-state index in [0.717, 1.165) is 23.2 Å². The lowest BCUT2D eigenvalue weighted by molar-refractivity contribution is 0.414. The Morgan fingerprint density at radius 1 is 1.10 bits per heavy atom. The number of ether oxygens (including phenoxy) is 1. The molecule has 2 aromatic carbocycles. The van der Waals surface area contributed by atoms with Gasteiger partial charge in [0.2, 0.25) is 0 Å². The first kappa shape index (κ1) is 13.6. The average molecular weight is 278 g/mol. The lowest BCUT2D eigenvalue weighted by atomic mass is 9.98. The number of hydrogen-bond acceptors (Lipinski definition) is 3. The zero-order valence-corrected chi connectivity index (χ0v) is 12.3. The van der Waals surface area contributed by atoms with Crippen LogP contribution in [0.25, 0.3) is 22.0 Å². The molecule has 0 saturated carbocycles. The van der Waals surface area contributed by atoms with Crippen molar-refractivity contribution in [3.05, 3.63) is 60.3 Å². The van der Waals surface area contributed by atoms with Gasteiger partial charge in [-0.1, -0.05) is 18.2 Å². The smallest absolute Gasteiger partial charge is 0.119 e. The Balaban J connectivity index is 2.12. The first-order valence-corrected chi connectivity index (χ1v) is 6.98. The average Bonchev–Trinajstić information content (AvgIpc) is 2.54. The number of methoxy groups -OCH3 is 1. The molecule has 1 aromatic heterocycles. The predicted molar refractivity (Wildman–Crippen MR) is 86.5 cm³/mol. The number of fused-ring (bicyclic) bond motifs is 1. The maximum absolute atomic E-state index is 5.32. The minimum absolute atomic E-state index is 0.803. The van der Waals surface area contributed by atoms with Crippen LogP contribution in [0.3, 0.4) is 0 Å². The SMILES string of the molecule is CNCc1cc(OC)ccc1-c1ccc2ncccc2c1. The van der Waals surface area contributed by atoms with Crippen LogP contribution in [0.15, 0.2) is 54.7 Å². The first-order valence-electron chi connectivity index (χ1n) is 6.98. The standard InChI is InChI=1S/C18H18N2O/c1-19-12-15-11-16(21-2)6-7-17(15)13-5-8-18-14(10-13)4-3-9-20-18/h3-11,19H,12H2,1-2H3. The molecule has 0 aliphatic carbocycles. The molecule has 3 heteroatoms. The van der Waals surface area contributed by atoms with E-state index in [1.54, 1.807) is 7.11 Å². The molecule has 1 N–H and O–H groups in total. The largest absolute Gasteiger partial charge is 0.497 e. The van der Waals surface area contributed by atoms with Crippen molar-refractivity contribution >= 4 is 10.9 Å². The Kier molecular flexibility index (Phi) is 3.84. The summed E-state index contributed by atoms with van der Waals surface area (Å²) in [5.41, 5.74) is 4.66. The van der Waals surface area contributed by atoms with E-state index in [0.29, 0.717) is 0 Å². The van der Waals surface area contributed by atoms with Crippen molar-refractivity contribution < 1.29 is 4.74 Å². The molecule has 0 amide bonds. The summed E-state index contributed by atoms with van der Waals surface area (Å²) in [6.07, 6.45) is 1.82. The Bertz CT molecular complexity index is 768. The highest BCUT2D eigenvalue weighted by molar-refractivity contribution is 5.85. The number of pyridine rings is 1. The van der Waals surface area contributed by atoms with Gasteiger partial charge in [-0.2, -0.15) is 0 Å². The summed E-state index contributed by atoms with van der Waals surface area (Å²) < 4.78 is 5.32. The van der Waals surface area contributed by atoms with Gasteiger partial charge in [-0.15, -0.1) is 0 Å². The summed E-state index contributed by atoms with van der Waals surface area (Å²) in [4.78, 5) is 4.37. The quantitative estimate of drug-likeness (QED) is 0.791. The van der Waals surface area contributed by atoms with E-state index in [9.17, 15) is 0 Å². The molecule has 0 saturated heterocycles. The molecule has 3 rings (SSSR count). The van der Waals surface area contributed by atoms with Gasteiger partial charge >= 0.3 is 0 Å². The molecule has 0 radical (unpaired) electrons. The fourth-order valence-electron chi connectivity index (χ4n) is 2.56. The molecule has 1 heterocycles. The van der Waals surface area contributed by atoms with Gasteiger partial charge in [0.05, 0.1) is 12.6 Å². The molecular formula is C18H18N2O. The van der Waals surface area contributed by atoms with Crippen molar-refractivity contribution in [2.75, 3.05) is 14.2 Å². The highest BCUT2D eigenvalue weighted by atomic mass is 16.5. The van der Waals surface area contributed by atoms with Crippen molar-refractivity contribution in [1.29, 1.82) is 0 Å². The van der Waals surface area contributed by atoms with E-state index < -0.39 is 0 Å². The molecule has 0 spiro atoms. The molecular weight excluding hydrogens is 260 g/mol. The van der Waals surface area contributed by atoms with Crippen LogP contribution in [0.4, 0.5) is 0 Å². The van der Waals surface area contributed by atoms with Crippen molar-refractivity contribution in [1.82, 2.24) is 10.3 Å². The first-order chi connectivity index (χ1) is 10.3. The van der Waals surface area contributed by atoms with Gasteiger partial charge in [0.15, 0.2) is 0 Å². The predicted octanol–water partition coefficient (Wildman–Crippen LogP) is 3.63. The summed E-state index contributed by atoms with van der Waals surface area (Å²) in [5, 5.41) is 4.37. The van der Waals surface area contributed by atoms with Crippen molar-refractivity contribution in [2.24, 2.45) is 0 Å². The van der Waals surface area contributed by atoms with Crippen LogP contribution in [0.5, 0.6) is 5.75 Å². The number of aromatic nitrogens is 1. The second-order valence-corrected chi connectivity index (χ2v) is 4.96. The van der Waals surface area contributed by atoms with Gasteiger partial charge in [0, 0.05) is 18.1 Å². The van der Waals surface area contributed by atoms with E-state index >= 15 is 0 Å². The molecule has 0 unspecified atom stereocenters. The minimum Gasteiger partial charge on any atom is -0.497 e. The highest BCUT2D eigenvalue weighted by Crippen LogP contribution is 2.29. The molecule has 21 heavy (non-hydrogen) atoms. The van der Waals surface area contributed by atoms with Gasteiger partial charge in [-0.3, -0.25) is 4.98 Å². The summed E-state index contributed by atoms with van der Waals surface area (Å²) in [7, 11) is 3.65. The number of rotatable bonds is 4. The van der Waals surface area contributed by atoms with E-state index in [4.69, 9.17) is 4.74 Å². The molecule has 3 nitrogen and oxygen atoms in total. The molecule has 0 atom stereocenters. The maximum atomic E-state index is 5.32. The van der Waals surface area contributed by atoms with Crippen LogP contribution >= 0.6 is 0 Å². The highest BCUT2D eigenvalue weighted by Gasteiger charge is 2.07. The van der Waals surface area contributed by atoms with Gasteiger partial charge < -0.3 is 10.1 Å². The Morgan fingerprint density at radius 2 is 2.00 bits per heavy atom. The second kappa shape index (κ2) is 5.94. The Hall–Kier alpha value is -2.39. The lowest BCUT2D eigenvalue weighted by Gasteiger charge is -2.12. The second-order valence-electron chi connectivity index (χ2n) is 4.96. The topological polar surface area (TPSA) is 34.1 Å². The number of benzene rings is 2. The van der Waals surface area contributed by atoms with Crippen LogP contribution in [0.2, 0.25) is 0 Å². The molecule has 0 aliphatic rings. The summed E-state index contributed by atoms with van der Waals surface area (Å²) in [6.45, 7) is 0.803. The molecule has 0 aliphatic heterocycles. The summed E-state index contributed by atoms with van der Waals surface area (Å²) >= 11 is 0. The van der Waals surface area contributed by atoms with Crippen LogP contribution < -0.4 is 10.1 Å². The summed E-state index contributed by atoms with van der Waals surface area (Å²) in [6, 6.07) is 16.6. The van der Waals surface area contributed by atoms with E-state index in [-0.39, 0.29) is 0 Å². The zero-order chi connectivity index (χ0) is 14.7. The third-order valence-electron chi connectivity index (χ3n) is 3.59. The number of nitrogens with zero attached hydrogens (tertiary/aromatic N) is 1. The lowest BCUT2D eigenvalue weighted by Crippen LogP contribution is -2.06. The minimum atomic E-state index is 0.803. The molecule has 3 aromatic rings. The van der Waals surface area contributed by atoms with Crippen LogP contribution in [-0.2, 0) is 6.54 Å². The monoisotopic (exact) mass is 278 g/mol. The number of hydrogen-bond donors (Lipinski definition) is 1. The Morgan fingerprint density at radius 3 is 2.81 bits per heavy atom. The van der Waals surface area contributed by atoms with Gasteiger partial charge in [0.25, 0.3) is 0 Å². The fourth-order valence-corrected chi connectivity index (χ4v) is 2.56. The van der Waals surface area contributed by atoms with E-state index in [2.05, 4.69) is 46.7 Å². The zero-order valence-electron chi connectivity index (χ0n) is 12.3. The van der Waals surface area contributed by atoms with Crippen molar-refractivity contribution in [3.8, 4) is 16.9 Å². The van der Waals surface area contributed by atoms with Gasteiger partial charge in [-0.05, 0) is 54.1 Å². The third-order valence-corrected chi connectivity index (χ3v) is 3.59. The maximum Gasteiger partial charge on any atom is 0.119 e. The van der Waals surface area contributed by atoms with Crippen molar-refractivity contribution in [3.63, 3.8) is 0 Å².